The van der Waals surface area contributed by atoms with Gasteiger partial charge in [0, 0.05) is 12.8 Å². The van der Waals surface area contributed by atoms with Gasteiger partial charge in [-0.1, -0.05) is 91.0 Å². The van der Waals surface area contributed by atoms with Gasteiger partial charge in [0.15, 0.2) is 0 Å². The van der Waals surface area contributed by atoms with E-state index in [-0.39, 0.29) is 0 Å². The van der Waals surface area contributed by atoms with Crippen molar-refractivity contribution in [1.29, 1.82) is 0 Å². The second-order valence-corrected chi connectivity index (χ2v) is 8.31. The predicted octanol–water partition coefficient (Wildman–Crippen LogP) is 4.57. The quantitative estimate of drug-likeness (QED) is 0.635. The zero-order chi connectivity index (χ0) is 17.3. The van der Waals surface area contributed by atoms with Crippen molar-refractivity contribution in [3.8, 4) is 0 Å². The highest BCUT2D eigenvalue weighted by molar-refractivity contribution is 7.79. The molecular weight excluding hydrogens is 323 g/mol. The molecular formula is C23H23OP. The van der Waals surface area contributed by atoms with Gasteiger partial charge >= 0.3 is 0 Å². The monoisotopic (exact) mass is 346 g/mol. The zero-order valence-corrected chi connectivity index (χ0v) is 15.2. The van der Waals surface area contributed by atoms with Crippen LogP contribution < -0.4 is 15.9 Å². The highest BCUT2D eigenvalue weighted by atomic mass is 31.1. The molecule has 0 spiro atoms. The van der Waals surface area contributed by atoms with Crippen LogP contribution in [0.1, 0.15) is 25.7 Å². The molecule has 1 saturated carbocycles. The minimum Gasteiger partial charge on any atom is -0.300 e. The maximum Gasteiger partial charge on any atom is 0.132 e. The molecule has 0 N–H and O–H groups in total. The number of Topliss-reactive ketones (excluding diaryl/α,β-unsaturated/α-hetero) is 1. The van der Waals surface area contributed by atoms with Gasteiger partial charge in [0.2, 0.25) is 0 Å². The van der Waals surface area contributed by atoms with Crippen LogP contribution in [0, 0.1) is 0 Å². The average molecular weight is 346 g/mol. The molecule has 0 radical (unpaired) electrons. The first-order chi connectivity index (χ1) is 12.3. The summed E-state index contributed by atoms with van der Waals surface area (Å²) in [4.78, 5) is 10.2. The molecule has 3 aromatic carbocycles. The maximum absolute atomic E-state index is 10.2. The van der Waals surface area contributed by atoms with E-state index in [1.54, 1.807) is 0 Å². The highest BCUT2D eigenvalue weighted by Crippen LogP contribution is 2.32. The smallest absolute Gasteiger partial charge is 0.132 e. The molecule has 1 aliphatic carbocycles. The lowest BCUT2D eigenvalue weighted by atomic mass is 10.4. The molecule has 0 amide bonds. The Hall–Kier alpha value is -2.24. The van der Waals surface area contributed by atoms with E-state index in [1.165, 1.54) is 15.9 Å². The Morgan fingerprint density at radius 1 is 0.520 bits per heavy atom. The minimum atomic E-state index is -0.446. The van der Waals surface area contributed by atoms with E-state index in [2.05, 4.69) is 91.0 Å². The van der Waals surface area contributed by atoms with E-state index in [9.17, 15) is 4.79 Å². The predicted molar refractivity (Wildman–Crippen MR) is 109 cm³/mol. The maximum atomic E-state index is 10.2. The van der Waals surface area contributed by atoms with Crippen molar-refractivity contribution in [2.24, 2.45) is 0 Å². The number of rotatable bonds is 3. The van der Waals surface area contributed by atoms with Gasteiger partial charge in [0.25, 0.3) is 0 Å². The van der Waals surface area contributed by atoms with Crippen molar-refractivity contribution in [2.45, 2.75) is 25.7 Å². The van der Waals surface area contributed by atoms with Crippen LogP contribution in [0.2, 0.25) is 0 Å². The summed E-state index contributed by atoms with van der Waals surface area (Å²) in [6.45, 7) is 0. The van der Waals surface area contributed by atoms with Gasteiger partial charge in [0.05, 0.1) is 0 Å². The second kappa shape index (κ2) is 9.30. The molecule has 0 saturated heterocycles. The number of benzene rings is 3. The third-order valence-electron chi connectivity index (χ3n) is 4.20. The Morgan fingerprint density at radius 2 is 0.840 bits per heavy atom. The van der Waals surface area contributed by atoms with Gasteiger partial charge in [0.1, 0.15) is 5.78 Å². The Bertz CT molecular complexity index is 667. The summed E-state index contributed by atoms with van der Waals surface area (Å²) >= 11 is 0. The molecule has 0 heterocycles. The molecule has 0 aromatic heterocycles. The molecule has 0 bridgehead atoms. The Morgan fingerprint density at radius 3 is 1.08 bits per heavy atom. The van der Waals surface area contributed by atoms with E-state index in [4.69, 9.17) is 0 Å². The van der Waals surface area contributed by atoms with Crippen LogP contribution in [0.5, 0.6) is 0 Å². The fourth-order valence-electron chi connectivity index (χ4n) is 2.95. The second-order valence-electron chi connectivity index (χ2n) is 6.09. The highest BCUT2D eigenvalue weighted by Gasteiger charge is 2.15. The average Bonchev–Trinajstić information content (AvgIpc) is 3.16. The van der Waals surface area contributed by atoms with Gasteiger partial charge in [-0.05, 0) is 36.7 Å². The van der Waals surface area contributed by atoms with E-state index in [0.717, 1.165) is 25.7 Å². The summed E-state index contributed by atoms with van der Waals surface area (Å²) < 4.78 is 0. The zero-order valence-electron chi connectivity index (χ0n) is 14.3. The summed E-state index contributed by atoms with van der Waals surface area (Å²) in [6.07, 6.45) is 3.97. The Labute approximate surface area is 151 Å². The standard InChI is InChI=1S/C18H15P.C5H8O/c1-4-10-16(11-5-1)19(17-12-6-2-7-13-17)18-14-8-3-9-15-18;6-5-3-1-2-4-5/h1-15H;1-4H2. The molecule has 25 heavy (non-hydrogen) atoms. The molecule has 0 unspecified atom stereocenters. The van der Waals surface area contributed by atoms with Crippen molar-refractivity contribution in [3.63, 3.8) is 0 Å². The minimum absolute atomic E-state index is 0.446. The fourth-order valence-corrected chi connectivity index (χ4v) is 5.25. The lowest BCUT2D eigenvalue weighted by Crippen LogP contribution is -2.20. The topological polar surface area (TPSA) is 17.1 Å². The van der Waals surface area contributed by atoms with Crippen molar-refractivity contribution in [3.05, 3.63) is 91.0 Å². The first-order valence-electron chi connectivity index (χ1n) is 8.81. The normalized spacial score (nSPS) is 13.4. The van der Waals surface area contributed by atoms with Gasteiger partial charge in [-0.2, -0.15) is 0 Å². The third-order valence-corrected chi connectivity index (χ3v) is 6.65. The summed E-state index contributed by atoms with van der Waals surface area (Å²) in [5.41, 5.74) is 0. The van der Waals surface area contributed by atoms with E-state index in [1.807, 2.05) is 0 Å². The Balaban J connectivity index is 0.000000258. The summed E-state index contributed by atoms with van der Waals surface area (Å²) in [7, 11) is -0.446. The molecule has 126 valence electrons. The molecule has 1 aliphatic rings. The number of hydrogen-bond donors (Lipinski definition) is 0. The van der Waals surface area contributed by atoms with Crippen LogP contribution in [-0.2, 0) is 4.79 Å². The van der Waals surface area contributed by atoms with Crippen molar-refractivity contribution in [2.75, 3.05) is 0 Å². The molecule has 0 atom stereocenters. The first kappa shape index (κ1) is 17.6. The van der Waals surface area contributed by atoms with Crippen LogP contribution in [0.25, 0.3) is 0 Å². The third kappa shape index (κ3) is 5.11. The number of ketones is 1. The van der Waals surface area contributed by atoms with Gasteiger partial charge in [-0.3, -0.25) is 4.79 Å². The van der Waals surface area contributed by atoms with Crippen molar-refractivity contribution < 1.29 is 4.79 Å². The van der Waals surface area contributed by atoms with Crippen LogP contribution in [0.4, 0.5) is 0 Å². The lowest BCUT2D eigenvalue weighted by Gasteiger charge is -2.18. The van der Waals surface area contributed by atoms with E-state index in [0.29, 0.717) is 5.78 Å². The molecule has 1 nitrogen and oxygen atoms in total. The number of hydrogen-bond acceptors (Lipinski definition) is 1. The lowest BCUT2D eigenvalue weighted by molar-refractivity contribution is -0.117. The van der Waals surface area contributed by atoms with Crippen molar-refractivity contribution >= 4 is 29.6 Å². The Kier molecular flexibility index (Phi) is 6.54. The van der Waals surface area contributed by atoms with Crippen LogP contribution in [-0.4, -0.2) is 5.78 Å². The molecule has 4 rings (SSSR count). The number of carbonyl (C=O) groups excluding carboxylic acids is 1. The van der Waals surface area contributed by atoms with E-state index >= 15 is 0 Å². The summed E-state index contributed by atoms with van der Waals surface area (Å²) in [5, 5.41) is 4.19. The van der Waals surface area contributed by atoms with Gasteiger partial charge < -0.3 is 0 Å². The molecule has 2 heteroatoms. The van der Waals surface area contributed by atoms with Crippen LogP contribution in [0.15, 0.2) is 91.0 Å². The fraction of sp³-hybridized carbons (Fsp3) is 0.174. The summed E-state index contributed by atoms with van der Waals surface area (Å²) in [6, 6.07) is 32.3. The molecule has 0 aliphatic heterocycles. The van der Waals surface area contributed by atoms with Gasteiger partial charge in [-0.15, -0.1) is 0 Å². The van der Waals surface area contributed by atoms with Crippen LogP contribution >= 0.6 is 7.92 Å². The van der Waals surface area contributed by atoms with Crippen molar-refractivity contribution in [1.82, 2.24) is 0 Å². The summed E-state index contributed by atoms with van der Waals surface area (Å²) in [5.74, 6) is 0.454. The first-order valence-corrected chi connectivity index (χ1v) is 10.2. The van der Waals surface area contributed by atoms with Gasteiger partial charge in [-0.25, -0.2) is 0 Å². The largest absolute Gasteiger partial charge is 0.300 e. The molecule has 1 fully saturated rings. The number of carbonyl (C=O) groups is 1. The molecule has 3 aromatic rings. The van der Waals surface area contributed by atoms with E-state index < -0.39 is 7.92 Å². The van der Waals surface area contributed by atoms with Crippen LogP contribution in [0.3, 0.4) is 0 Å². The SMILES string of the molecule is O=C1CCCC1.c1ccc(P(c2ccccc2)c2ccccc2)cc1.